The number of hydrogen-bond acceptors (Lipinski definition) is 3. The van der Waals surface area contributed by atoms with Crippen LogP contribution < -0.4 is 11.1 Å². The highest BCUT2D eigenvalue weighted by Crippen LogP contribution is 2.05. The van der Waals surface area contributed by atoms with E-state index in [1.54, 1.807) is 0 Å². The SMILES string of the molecule is Cc1ccc(CNCC(C)(C)N)o1. The van der Waals surface area contributed by atoms with Gasteiger partial charge in [0.25, 0.3) is 0 Å². The van der Waals surface area contributed by atoms with Crippen molar-refractivity contribution in [3.05, 3.63) is 23.7 Å². The Balaban J connectivity index is 2.28. The number of nitrogens with two attached hydrogens (primary N) is 1. The van der Waals surface area contributed by atoms with Crippen LogP contribution >= 0.6 is 0 Å². The zero-order valence-corrected chi connectivity index (χ0v) is 8.55. The van der Waals surface area contributed by atoms with Gasteiger partial charge in [0.15, 0.2) is 0 Å². The minimum absolute atomic E-state index is 0.165. The zero-order valence-electron chi connectivity index (χ0n) is 8.55. The van der Waals surface area contributed by atoms with Crippen molar-refractivity contribution in [1.82, 2.24) is 5.32 Å². The molecular weight excluding hydrogens is 164 g/mol. The van der Waals surface area contributed by atoms with Crippen LogP contribution in [0.2, 0.25) is 0 Å². The summed E-state index contributed by atoms with van der Waals surface area (Å²) in [5, 5.41) is 3.24. The van der Waals surface area contributed by atoms with Gasteiger partial charge in [-0.05, 0) is 32.9 Å². The number of rotatable bonds is 4. The Bertz CT molecular complexity index is 260. The molecule has 0 aliphatic heterocycles. The Morgan fingerprint density at radius 1 is 1.46 bits per heavy atom. The third-order valence-electron chi connectivity index (χ3n) is 1.68. The summed E-state index contributed by atoms with van der Waals surface area (Å²) in [6.07, 6.45) is 0. The molecule has 0 aromatic carbocycles. The molecule has 1 aromatic rings. The third kappa shape index (κ3) is 4.10. The lowest BCUT2D eigenvalue weighted by atomic mass is 10.1. The molecular formula is C10H18N2O. The summed E-state index contributed by atoms with van der Waals surface area (Å²) >= 11 is 0. The summed E-state index contributed by atoms with van der Waals surface area (Å²) in [6, 6.07) is 3.94. The first-order chi connectivity index (χ1) is 5.97. The van der Waals surface area contributed by atoms with E-state index < -0.39 is 0 Å². The molecule has 0 saturated heterocycles. The van der Waals surface area contributed by atoms with Gasteiger partial charge in [-0.2, -0.15) is 0 Å². The molecule has 1 rings (SSSR count). The van der Waals surface area contributed by atoms with Crippen molar-refractivity contribution in [2.24, 2.45) is 5.73 Å². The van der Waals surface area contributed by atoms with E-state index in [-0.39, 0.29) is 5.54 Å². The summed E-state index contributed by atoms with van der Waals surface area (Å²) < 4.78 is 5.39. The second-order valence-corrected chi connectivity index (χ2v) is 4.10. The van der Waals surface area contributed by atoms with Gasteiger partial charge in [-0.15, -0.1) is 0 Å². The molecule has 0 saturated carbocycles. The van der Waals surface area contributed by atoms with E-state index in [1.807, 2.05) is 32.9 Å². The van der Waals surface area contributed by atoms with E-state index in [1.165, 1.54) is 0 Å². The molecule has 13 heavy (non-hydrogen) atoms. The molecule has 74 valence electrons. The van der Waals surface area contributed by atoms with Gasteiger partial charge in [0, 0.05) is 12.1 Å². The maximum atomic E-state index is 5.81. The minimum atomic E-state index is -0.165. The van der Waals surface area contributed by atoms with Crippen LogP contribution in [-0.2, 0) is 6.54 Å². The molecule has 0 atom stereocenters. The number of hydrogen-bond donors (Lipinski definition) is 2. The lowest BCUT2D eigenvalue weighted by Crippen LogP contribution is -2.42. The topological polar surface area (TPSA) is 51.2 Å². The van der Waals surface area contributed by atoms with Gasteiger partial charge in [0.05, 0.1) is 6.54 Å². The molecule has 3 N–H and O–H groups in total. The average Bonchev–Trinajstić information content (AvgIpc) is 2.33. The van der Waals surface area contributed by atoms with Crippen molar-refractivity contribution in [1.29, 1.82) is 0 Å². The molecule has 0 unspecified atom stereocenters. The van der Waals surface area contributed by atoms with Crippen molar-refractivity contribution in [3.63, 3.8) is 0 Å². The summed E-state index contributed by atoms with van der Waals surface area (Å²) in [7, 11) is 0. The van der Waals surface area contributed by atoms with Crippen LogP contribution in [0, 0.1) is 6.92 Å². The van der Waals surface area contributed by atoms with E-state index in [4.69, 9.17) is 10.2 Å². The van der Waals surface area contributed by atoms with Gasteiger partial charge < -0.3 is 15.5 Å². The fraction of sp³-hybridized carbons (Fsp3) is 0.600. The maximum absolute atomic E-state index is 5.81. The fourth-order valence-electron chi connectivity index (χ4n) is 1.09. The molecule has 3 heteroatoms. The molecule has 0 aliphatic carbocycles. The van der Waals surface area contributed by atoms with Gasteiger partial charge in [-0.25, -0.2) is 0 Å². The second kappa shape index (κ2) is 3.94. The summed E-state index contributed by atoms with van der Waals surface area (Å²) in [6.45, 7) is 7.46. The normalized spacial score (nSPS) is 12.0. The number of furan rings is 1. The molecule has 0 radical (unpaired) electrons. The van der Waals surface area contributed by atoms with Crippen molar-refractivity contribution in [3.8, 4) is 0 Å². The van der Waals surface area contributed by atoms with Crippen LogP contribution in [0.3, 0.4) is 0 Å². The third-order valence-corrected chi connectivity index (χ3v) is 1.68. The summed E-state index contributed by atoms with van der Waals surface area (Å²) in [4.78, 5) is 0. The summed E-state index contributed by atoms with van der Waals surface area (Å²) in [5.41, 5.74) is 5.65. The summed E-state index contributed by atoms with van der Waals surface area (Å²) in [5.74, 6) is 1.91. The molecule has 0 fully saturated rings. The van der Waals surface area contributed by atoms with Crippen LogP contribution in [0.4, 0.5) is 0 Å². The molecule has 1 heterocycles. The first kappa shape index (κ1) is 10.3. The smallest absolute Gasteiger partial charge is 0.117 e. The average molecular weight is 182 g/mol. The highest BCUT2D eigenvalue weighted by Gasteiger charge is 2.09. The first-order valence-corrected chi connectivity index (χ1v) is 4.52. The highest BCUT2D eigenvalue weighted by molar-refractivity contribution is 5.05. The molecule has 0 amide bonds. The largest absolute Gasteiger partial charge is 0.465 e. The minimum Gasteiger partial charge on any atom is -0.465 e. The first-order valence-electron chi connectivity index (χ1n) is 4.52. The Morgan fingerprint density at radius 2 is 2.15 bits per heavy atom. The van der Waals surface area contributed by atoms with Crippen molar-refractivity contribution < 1.29 is 4.42 Å². The maximum Gasteiger partial charge on any atom is 0.117 e. The molecule has 0 bridgehead atoms. The number of nitrogens with one attached hydrogen (secondary N) is 1. The van der Waals surface area contributed by atoms with Gasteiger partial charge in [-0.1, -0.05) is 0 Å². The van der Waals surface area contributed by atoms with Gasteiger partial charge in [0.1, 0.15) is 11.5 Å². The zero-order chi connectivity index (χ0) is 9.90. The van der Waals surface area contributed by atoms with Crippen LogP contribution in [0.15, 0.2) is 16.5 Å². The molecule has 0 spiro atoms. The Kier molecular flexibility index (Phi) is 3.12. The second-order valence-electron chi connectivity index (χ2n) is 4.10. The monoisotopic (exact) mass is 182 g/mol. The van der Waals surface area contributed by atoms with Crippen molar-refractivity contribution in [2.45, 2.75) is 32.9 Å². The van der Waals surface area contributed by atoms with E-state index in [0.717, 1.165) is 24.6 Å². The van der Waals surface area contributed by atoms with E-state index in [9.17, 15) is 0 Å². The van der Waals surface area contributed by atoms with Gasteiger partial charge in [-0.3, -0.25) is 0 Å². The standard InChI is InChI=1S/C10H18N2O/c1-8-4-5-9(13-8)6-12-7-10(2,3)11/h4-5,12H,6-7,11H2,1-3H3. The molecule has 3 nitrogen and oxygen atoms in total. The predicted octanol–water partition coefficient (Wildman–Crippen LogP) is 1.41. The number of aryl methyl sites for hydroxylation is 1. The quantitative estimate of drug-likeness (QED) is 0.740. The Labute approximate surface area is 79.3 Å². The van der Waals surface area contributed by atoms with Crippen LogP contribution in [0.1, 0.15) is 25.4 Å². The van der Waals surface area contributed by atoms with Crippen LogP contribution in [0.5, 0.6) is 0 Å². The van der Waals surface area contributed by atoms with Crippen molar-refractivity contribution in [2.75, 3.05) is 6.54 Å². The van der Waals surface area contributed by atoms with Crippen molar-refractivity contribution >= 4 is 0 Å². The Hall–Kier alpha value is -0.800. The van der Waals surface area contributed by atoms with Crippen LogP contribution in [-0.4, -0.2) is 12.1 Å². The Morgan fingerprint density at radius 3 is 2.62 bits per heavy atom. The van der Waals surface area contributed by atoms with Crippen LogP contribution in [0.25, 0.3) is 0 Å². The van der Waals surface area contributed by atoms with E-state index in [2.05, 4.69) is 5.32 Å². The fourth-order valence-corrected chi connectivity index (χ4v) is 1.09. The molecule has 0 aliphatic rings. The van der Waals surface area contributed by atoms with E-state index >= 15 is 0 Å². The lowest BCUT2D eigenvalue weighted by Gasteiger charge is -2.18. The van der Waals surface area contributed by atoms with Gasteiger partial charge in [0.2, 0.25) is 0 Å². The predicted molar refractivity (Wildman–Crippen MR) is 53.4 cm³/mol. The molecule has 1 aromatic heterocycles. The lowest BCUT2D eigenvalue weighted by molar-refractivity contribution is 0.424. The van der Waals surface area contributed by atoms with E-state index in [0.29, 0.717) is 0 Å². The highest BCUT2D eigenvalue weighted by atomic mass is 16.3. The van der Waals surface area contributed by atoms with Gasteiger partial charge >= 0.3 is 0 Å².